The molecule has 0 radical (unpaired) electrons. The number of benzene rings is 2. The van der Waals surface area contributed by atoms with Crippen LogP contribution < -0.4 is 10.1 Å². The number of carbonyl (C=O) groups excluding carboxylic acids is 1. The molecule has 1 aliphatic heterocycles. The molecule has 168 valence electrons. The van der Waals surface area contributed by atoms with Crippen LogP contribution in [-0.4, -0.2) is 21.7 Å². The lowest BCUT2D eigenvalue weighted by Gasteiger charge is -2.25. The second-order valence-electron chi connectivity index (χ2n) is 9.41. The van der Waals surface area contributed by atoms with E-state index >= 15 is 0 Å². The van der Waals surface area contributed by atoms with E-state index in [1.54, 1.807) is 6.20 Å². The number of hydrogen-bond acceptors (Lipinski definition) is 4. The minimum absolute atomic E-state index is 0.156. The molecule has 2 N–H and O–H groups in total. The largest absolute Gasteiger partial charge is 0.457 e. The molecule has 2 heterocycles. The van der Waals surface area contributed by atoms with Crippen LogP contribution in [0.25, 0.3) is 11.4 Å². The summed E-state index contributed by atoms with van der Waals surface area (Å²) >= 11 is 3.50. The van der Waals surface area contributed by atoms with Crippen molar-refractivity contribution in [1.82, 2.24) is 15.3 Å². The number of aromatic nitrogens is 2. The summed E-state index contributed by atoms with van der Waals surface area (Å²) in [7, 11) is 0. The number of carbonyl (C=O) groups is 1. The number of amides is 1. The number of aromatic amines is 1. The van der Waals surface area contributed by atoms with E-state index in [0.717, 1.165) is 50.6 Å². The first-order valence-electron chi connectivity index (χ1n) is 10.7. The summed E-state index contributed by atoms with van der Waals surface area (Å²) in [6.07, 6.45) is 2.14. The molecular formula is C25H28BrN3O3. The average Bonchev–Trinajstić information content (AvgIpc) is 3.18. The molecule has 1 atom stereocenters. The van der Waals surface area contributed by atoms with Gasteiger partial charge in [0, 0.05) is 22.0 Å². The first-order valence-corrected chi connectivity index (χ1v) is 11.5. The van der Waals surface area contributed by atoms with Gasteiger partial charge in [-0.3, -0.25) is 0 Å². The number of rotatable bonds is 4. The van der Waals surface area contributed by atoms with Crippen molar-refractivity contribution in [3.8, 4) is 22.9 Å². The number of alkyl carbamates (subject to hydrolysis) is 1. The Labute approximate surface area is 196 Å². The molecule has 3 aromatic rings. The zero-order valence-corrected chi connectivity index (χ0v) is 20.5. The van der Waals surface area contributed by atoms with Gasteiger partial charge in [0.05, 0.1) is 17.9 Å². The number of hydrogen-bond donors (Lipinski definition) is 2. The number of nitrogens with zero attached hydrogens (tertiary/aromatic N) is 1. The van der Waals surface area contributed by atoms with E-state index in [-0.39, 0.29) is 12.0 Å². The second kappa shape index (κ2) is 8.62. The summed E-state index contributed by atoms with van der Waals surface area (Å²) in [6.45, 7) is 9.65. The summed E-state index contributed by atoms with van der Waals surface area (Å²) < 4.78 is 12.5. The summed E-state index contributed by atoms with van der Waals surface area (Å²) in [5, 5.41) is 2.96. The molecule has 6 nitrogen and oxygen atoms in total. The Morgan fingerprint density at radius 1 is 1.16 bits per heavy atom. The first kappa shape index (κ1) is 22.4. The number of nitrogens with one attached hydrogen (secondary N) is 2. The standard InChI is InChI=1S/C25H28BrN3O3/c1-14(2)22(29-24(30)32-25(3,4)5)19-13-27-23(28-19)16-7-9-20-17(11-16)10-15-6-8-18(26)12-21(15)31-20/h6-9,11-14,22H,10H2,1-5H3,(H,27,28)(H,29,30)/t22-/m0/s1. The van der Waals surface area contributed by atoms with E-state index in [1.165, 1.54) is 0 Å². The highest BCUT2D eigenvalue weighted by molar-refractivity contribution is 9.10. The summed E-state index contributed by atoms with van der Waals surface area (Å²) in [6, 6.07) is 11.9. The van der Waals surface area contributed by atoms with E-state index in [4.69, 9.17) is 9.47 Å². The van der Waals surface area contributed by atoms with E-state index in [1.807, 2.05) is 45.0 Å². The van der Waals surface area contributed by atoms with E-state index in [0.29, 0.717) is 0 Å². The highest BCUT2D eigenvalue weighted by Crippen LogP contribution is 2.39. The zero-order chi connectivity index (χ0) is 23.0. The normalized spacial score (nSPS) is 13.7. The highest BCUT2D eigenvalue weighted by Gasteiger charge is 2.25. The molecule has 1 aromatic heterocycles. The summed E-state index contributed by atoms with van der Waals surface area (Å²) in [5.74, 6) is 2.65. The molecule has 4 rings (SSSR count). The van der Waals surface area contributed by atoms with Crippen molar-refractivity contribution < 1.29 is 14.3 Å². The van der Waals surface area contributed by atoms with Gasteiger partial charge in [-0.1, -0.05) is 35.8 Å². The molecule has 0 bridgehead atoms. The van der Waals surface area contributed by atoms with Crippen LogP contribution >= 0.6 is 15.9 Å². The molecule has 0 saturated heterocycles. The Kier molecular flexibility index (Phi) is 6.03. The van der Waals surface area contributed by atoms with Crippen LogP contribution in [0, 0.1) is 5.92 Å². The average molecular weight is 498 g/mol. The minimum Gasteiger partial charge on any atom is -0.457 e. The molecule has 0 saturated carbocycles. The molecule has 7 heteroatoms. The zero-order valence-electron chi connectivity index (χ0n) is 19.0. The van der Waals surface area contributed by atoms with E-state index < -0.39 is 11.7 Å². The van der Waals surface area contributed by atoms with E-state index in [2.05, 4.69) is 57.2 Å². The van der Waals surface area contributed by atoms with Crippen molar-refractivity contribution in [2.24, 2.45) is 5.92 Å². The van der Waals surface area contributed by atoms with Crippen LogP contribution in [0.2, 0.25) is 0 Å². The molecule has 32 heavy (non-hydrogen) atoms. The molecule has 0 fully saturated rings. The Hall–Kier alpha value is -2.80. The van der Waals surface area contributed by atoms with Gasteiger partial charge in [0.2, 0.25) is 0 Å². The van der Waals surface area contributed by atoms with Gasteiger partial charge in [-0.2, -0.15) is 0 Å². The third kappa shape index (κ3) is 4.99. The molecular weight excluding hydrogens is 470 g/mol. The molecule has 2 aromatic carbocycles. The van der Waals surface area contributed by atoms with Crippen molar-refractivity contribution in [3.63, 3.8) is 0 Å². The predicted molar refractivity (Wildman–Crippen MR) is 128 cm³/mol. The van der Waals surface area contributed by atoms with Crippen molar-refractivity contribution >= 4 is 22.0 Å². The topological polar surface area (TPSA) is 76.2 Å². The number of fused-ring (bicyclic) bond motifs is 2. The number of imidazole rings is 1. The maximum atomic E-state index is 12.3. The summed E-state index contributed by atoms with van der Waals surface area (Å²) in [4.78, 5) is 20.3. The monoisotopic (exact) mass is 497 g/mol. The fourth-order valence-corrected chi connectivity index (χ4v) is 4.08. The second-order valence-corrected chi connectivity index (χ2v) is 10.3. The van der Waals surface area contributed by atoms with Gasteiger partial charge >= 0.3 is 6.09 Å². The van der Waals surface area contributed by atoms with Gasteiger partial charge in [0.1, 0.15) is 22.9 Å². The third-order valence-corrected chi connectivity index (χ3v) is 5.73. The quantitative estimate of drug-likeness (QED) is 0.326. The SMILES string of the molecule is CC(C)[C@H](NC(=O)OC(C)(C)C)c1cnc(-c2ccc3c(c2)Cc2ccc(Br)cc2O3)[nH]1. The van der Waals surface area contributed by atoms with Gasteiger partial charge in [-0.25, -0.2) is 9.78 Å². The number of H-pyrrole nitrogens is 1. The molecule has 1 amide bonds. The fraction of sp³-hybridized carbons (Fsp3) is 0.360. The van der Waals surface area contributed by atoms with Crippen LogP contribution in [0.1, 0.15) is 57.5 Å². The van der Waals surface area contributed by atoms with Gasteiger partial charge in [0.25, 0.3) is 0 Å². The van der Waals surface area contributed by atoms with Gasteiger partial charge in [0.15, 0.2) is 0 Å². The van der Waals surface area contributed by atoms with Crippen LogP contribution in [0.3, 0.4) is 0 Å². The molecule has 0 unspecified atom stereocenters. The minimum atomic E-state index is -0.551. The van der Waals surface area contributed by atoms with Gasteiger partial charge in [-0.15, -0.1) is 0 Å². The Balaban J connectivity index is 1.55. The Bertz CT molecular complexity index is 1150. The van der Waals surface area contributed by atoms with Crippen LogP contribution in [0.5, 0.6) is 11.5 Å². The maximum absolute atomic E-state index is 12.3. The van der Waals surface area contributed by atoms with Crippen LogP contribution in [-0.2, 0) is 11.2 Å². The Morgan fingerprint density at radius 2 is 1.94 bits per heavy atom. The highest BCUT2D eigenvalue weighted by atomic mass is 79.9. The Morgan fingerprint density at radius 3 is 2.66 bits per heavy atom. The molecule has 0 aliphatic carbocycles. The lowest BCUT2D eigenvalue weighted by Crippen LogP contribution is -2.37. The van der Waals surface area contributed by atoms with Crippen LogP contribution in [0.15, 0.2) is 47.1 Å². The van der Waals surface area contributed by atoms with Gasteiger partial charge < -0.3 is 19.8 Å². The fourth-order valence-electron chi connectivity index (χ4n) is 3.74. The third-order valence-electron chi connectivity index (χ3n) is 5.23. The maximum Gasteiger partial charge on any atom is 0.408 e. The lowest BCUT2D eigenvalue weighted by atomic mass is 9.98. The predicted octanol–water partition coefficient (Wildman–Crippen LogP) is 6.76. The van der Waals surface area contributed by atoms with Crippen molar-refractivity contribution in [1.29, 1.82) is 0 Å². The summed E-state index contributed by atoms with van der Waals surface area (Å²) in [5.41, 5.74) is 3.52. The molecule has 0 spiro atoms. The van der Waals surface area contributed by atoms with Crippen molar-refractivity contribution in [2.45, 2.75) is 52.7 Å². The first-order chi connectivity index (χ1) is 15.1. The smallest absolute Gasteiger partial charge is 0.408 e. The van der Waals surface area contributed by atoms with E-state index in [9.17, 15) is 4.79 Å². The number of halogens is 1. The molecule has 1 aliphatic rings. The van der Waals surface area contributed by atoms with Crippen LogP contribution in [0.4, 0.5) is 4.79 Å². The lowest BCUT2D eigenvalue weighted by molar-refractivity contribution is 0.0488. The van der Waals surface area contributed by atoms with Crippen molar-refractivity contribution in [3.05, 3.63) is 63.9 Å². The van der Waals surface area contributed by atoms with Gasteiger partial charge in [-0.05, 0) is 62.6 Å². The number of ether oxygens (including phenoxy) is 2. The van der Waals surface area contributed by atoms with Crippen molar-refractivity contribution in [2.75, 3.05) is 0 Å².